The van der Waals surface area contributed by atoms with Crippen LogP contribution in [0.4, 0.5) is 0 Å². The number of fused-ring (bicyclic) bond motifs is 1. The van der Waals surface area contributed by atoms with Crippen molar-refractivity contribution in [3.8, 4) is 0 Å². The minimum absolute atomic E-state index is 0.194. The second-order valence-electron chi connectivity index (χ2n) is 4.29. The number of hydrogen-bond donors (Lipinski definition) is 1. The largest absolute Gasteiger partial charge is 0.480 e. The van der Waals surface area contributed by atoms with Gasteiger partial charge in [0.05, 0.1) is 11.1 Å². The number of carbonyl (C=O) groups is 3. The maximum atomic E-state index is 12.1. The van der Waals surface area contributed by atoms with Gasteiger partial charge in [-0.25, -0.2) is 4.79 Å². The fourth-order valence-corrected chi connectivity index (χ4v) is 2.12. The van der Waals surface area contributed by atoms with E-state index < -0.39 is 23.8 Å². The Morgan fingerprint density at radius 2 is 1.89 bits per heavy atom. The van der Waals surface area contributed by atoms with Crippen LogP contribution in [0.1, 0.15) is 39.6 Å². The highest BCUT2D eigenvalue weighted by molar-refractivity contribution is 6.22. The lowest BCUT2D eigenvalue weighted by atomic mass is 10.1. The topological polar surface area (TPSA) is 74.7 Å². The maximum Gasteiger partial charge on any atom is 0.326 e. The second-order valence-corrected chi connectivity index (χ2v) is 4.29. The Morgan fingerprint density at radius 3 is 2.44 bits per heavy atom. The predicted octanol–water partition coefficient (Wildman–Crippen LogP) is 1.45. The van der Waals surface area contributed by atoms with Crippen LogP contribution < -0.4 is 0 Å². The molecule has 0 bridgehead atoms. The zero-order valence-corrected chi connectivity index (χ0v) is 10.1. The first-order chi connectivity index (χ1) is 8.47. The lowest BCUT2D eigenvalue weighted by Crippen LogP contribution is -2.44. The zero-order valence-electron chi connectivity index (χ0n) is 10.1. The van der Waals surface area contributed by atoms with Crippen molar-refractivity contribution in [3.05, 3.63) is 34.9 Å². The van der Waals surface area contributed by atoms with Gasteiger partial charge in [-0.3, -0.25) is 14.5 Å². The van der Waals surface area contributed by atoms with Crippen molar-refractivity contribution in [2.75, 3.05) is 0 Å². The van der Waals surface area contributed by atoms with Gasteiger partial charge in [0, 0.05) is 0 Å². The minimum Gasteiger partial charge on any atom is -0.480 e. The molecular formula is C13H13NO4. The third kappa shape index (κ3) is 1.68. The molecule has 0 radical (unpaired) electrons. The number of hydrogen-bond acceptors (Lipinski definition) is 3. The van der Waals surface area contributed by atoms with Crippen molar-refractivity contribution in [1.82, 2.24) is 4.90 Å². The van der Waals surface area contributed by atoms with Gasteiger partial charge in [-0.2, -0.15) is 0 Å². The number of carboxylic acids is 1. The summed E-state index contributed by atoms with van der Waals surface area (Å²) >= 11 is 0. The van der Waals surface area contributed by atoms with E-state index in [4.69, 9.17) is 5.11 Å². The van der Waals surface area contributed by atoms with Crippen molar-refractivity contribution >= 4 is 17.8 Å². The van der Waals surface area contributed by atoms with Gasteiger partial charge in [0.2, 0.25) is 0 Å². The number of benzene rings is 1. The van der Waals surface area contributed by atoms with Crippen LogP contribution in [0.2, 0.25) is 0 Å². The maximum absolute atomic E-state index is 12.1. The molecule has 0 saturated carbocycles. The van der Waals surface area contributed by atoms with Crippen LogP contribution >= 0.6 is 0 Å². The van der Waals surface area contributed by atoms with E-state index in [2.05, 4.69) is 0 Å². The lowest BCUT2D eigenvalue weighted by Gasteiger charge is -2.20. The van der Waals surface area contributed by atoms with Gasteiger partial charge in [0.15, 0.2) is 0 Å². The molecule has 1 heterocycles. The fraction of sp³-hybridized carbons (Fsp3) is 0.308. The highest BCUT2D eigenvalue weighted by atomic mass is 16.4. The van der Waals surface area contributed by atoms with Gasteiger partial charge in [0.1, 0.15) is 6.04 Å². The third-order valence-corrected chi connectivity index (χ3v) is 3.06. The van der Waals surface area contributed by atoms with Crippen molar-refractivity contribution in [2.24, 2.45) is 0 Å². The Kier molecular flexibility index (Phi) is 2.90. The van der Waals surface area contributed by atoms with Gasteiger partial charge in [-0.1, -0.05) is 18.6 Å². The molecule has 2 rings (SSSR count). The molecule has 0 spiro atoms. The zero-order chi connectivity index (χ0) is 13.4. The summed E-state index contributed by atoms with van der Waals surface area (Å²) in [5, 5.41) is 9.06. The summed E-state index contributed by atoms with van der Waals surface area (Å²) < 4.78 is 0. The van der Waals surface area contributed by atoms with Gasteiger partial charge < -0.3 is 5.11 Å². The van der Waals surface area contributed by atoms with E-state index >= 15 is 0 Å². The Bertz CT molecular complexity index is 550. The molecule has 1 aliphatic rings. The summed E-state index contributed by atoms with van der Waals surface area (Å²) in [6.07, 6.45) is 0.194. The number of nitrogens with zero attached hydrogens (tertiary/aromatic N) is 1. The van der Waals surface area contributed by atoms with Crippen LogP contribution in [-0.2, 0) is 4.79 Å². The Hall–Kier alpha value is -2.17. The summed E-state index contributed by atoms with van der Waals surface area (Å²) in [5.41, 5.74) is 1.44. The molecule has 1 aromatic rings. The second kappa shape index (κ2) is 4.25. The third-order valence-electron chi connectivity index (χ3n) is 3.06. The Morgan fingerprint density at radius 1 is 1.28 bits per heavy atom. The summed E-state index contributed by atoms with van der Waals surface area (Å²) in [4.78, 5) is 36.1. The van der Waals surface area contributed by atoms with Crippen LogP contribution in [0.5, 0.6) is 0 Å². The lowest BCUT2D eigenvalue weighted by molar-refractivity contribution is -0.141. The first-order valence-corrected chi connectivity index (χ1v) is 5.68. The molecule has 1 unspecified atom stereocenters. The molecule has 5 heteroatoms. The molecule has 0 aromatic heterocycles. The molecule has 18 heavy (non-hydrogen) atoms. The molecule has 1 N–H and O–H groups in total. The molecule has 0 saturated heterocycles. The van der Waals surface area contributed by atoms with Gasteiger partial charge in [-0.15, -0.1) is 0 Å². The van der Waals surface area contributed by atoms with Crippen molar-refractivity contribution < 1.29 is 19.5 Å². The number of carbonyl (C=O) groups excluding carboxylic acids is 2. The monoisotopic (exact) mass is 247 g/mol. The summed E-state index contributed by atoms with van der Waals surface area (Å²) in [5.74, 6) is -2.21. The summed E-state index contributed by atoms with van der Waals surface area (Å²) in [7, 11) is 0. The normalized spacial score (nSPS) is 15.8. The quantitative estimate of drug-likeness (QED) is 0.820. The number of aliphatic carboxylic acids is 1. The fourth-order valence-electron chi connectivity index (χ4n) is 2.12. The van der Waals surface area contributed by atoms with Crippen LogP contribution in [0.3, 0.4) is 0 Å². The van der Waals surface area contributed by atoms with Gasteiger partial charge in [-0.05, 0) is 25.5 Å². The number of carboxylic acid groups (broad SMARTS) is 1. The van der Waals surface area contributed by atoms with Crippen molar-refractivity contribution in [1.29, 1.82) is 0 Å². The standard InChI is InChI=1S/C13H13NO4/c1-3-10(13(17)18)14-11(15)8-5-4-7(2)6-9(8)12(14)16/h4-6,10H,3H2,1-2H3,(H,17,18). The summed E-state index contributed by atoms with van der Waals surface area (Å²) in [6.45, 7) is 3.45. The average Bonchev–Trinajstić information content (AvgIpc) is 2.55. The first kappa shape index (κ1) is 12.3. The SMILES string of the molecule is CCC(C(=O)O)N1C(=O)c2ccc(C)cc2C1=O. The van der Waals surface area contributed by atoms with Gasteiger partial charge in [0.25, 0.3) is 11.8 Å². The highest BCUT2D eigenvalue weighted by Gasteiger charge is 2.41. The van der Waals surface area contributed by atoms with Crippen LogP contribution in [0.25, 0.3) is 0 Å². The number of imide groups is 1. The molecule has 1 atom stereocenters. The van der Waals surface area contributed by atoms with Crippen LogP contribution in [0.15, 0.2) is 18.2 Å². The summed E-state index contributed by atoms with van der Waals surface area (Å²) in [6, 6.07) is 3.82. The molecule has 0 fully saturated rings. The van der Waals surface area contributed by atoms with Crippen molar-refractivity contribution in [2.45, 2.75) is 26.3 Å². The Balaban J connectivity index is 2.48. The number of aryl methyl sites for hydroxylation is 1. The molecule has 1 aliphatic heterocycles. The van der Waals surface area contributed by atoms with E-state index in [0.717, 1.165) is 10.5 Å². The molecular weight excluding hydrogens is 234 g/mol. The number of rotatable bonds is 3. The van der Waals surface area contributed by atoms with E-state index in [1.807, 2.05) is 6.92 Å². The minimum atomic E-state index is -1.16. The van der Waals surface area contributed by atoms with E-state index in [1.54, 1.807) is 25.1 Å². The van der Waals surface area contributed by atoms with E-state index in [1.165, 1.54) is 0 Å². The van der Waals surface area contributed by atoms with Gasteiger partial charge >= 0.3 is 5.97 Å². The molecule has 94 valence electrons. The van der Waals surface area contributed by atoms with E-state index in [-0.39, 0.29) is 12.0 Å². The van der Waals surface area contributed by atoms with Crippen LogP contribution in [-0.4, -0.2) is 33.8 Å². The Labute approximate surface area is 104 Å². The highest BCUT2D eigenvalue weighted by Crippen LogP contribution is 2.26. The molecule has 0 aliphatic carbocycles. The first-order valence-electron chi connectivity index (χ1n) is 5.68. The van der Waals surface area contributed by atoms with Crippen LogP contribution in [0, 0.1) is 6.92 Å². The molecule has 2 amide bonds. The smallest absolute Gasteiger partial charge is 0.326 e. The number of amides is 2. The van der Waals surface area contributed by atoms with E-state index in [9.17, 15) is 14.4 Å². The average molecular weight is 247 g/mol. The predicted molar refractivity (Wildman–Crippen MR) is 63.4 cm³/mol. The molecule has 1 aromatic carbocycles. The molecule has 5 nitrogen and oxygen atoms in total. The van der Waals surface area contributed by atoms with E-state index in [0.29, 0.717) is 5.56 Å². The van der Waals surface area contributed by atoms with Crippen molar-refractivity contribution in [3.63, 3.8) is 0 Å².